The van der Waals surface area contributed by atoms with Crippen molar-refractivity contribution < 1.29 is 0 Å². The fourth-order valence-corrected chi connectivity index (χ4v) is 3.11. The highest BCUT2D eigenvalue weighted by atomic mass is 15.3. The van der Waals surface area contributed by atoms with Crippen molar-refractivity contribution >= 4 is 0 Å². The van der Waals surface area contributed by atoms with E-state index in [0.717, 1.165) is 45.2 Å². The van der Waals surface area contributed by atoms with E-state index in [4.69, 9.17) is 0 Å². The Hall–Kier alpha value is -1.34. The number of hydrogen-bond acceptors (Lipinski definition) is 3. The van der Waals surface area contributed by atoms with Crippen LogP contribution in [0, 0.1) is 24.2 Å². The Balaban J connectivity index is 1.96. The molecule has 1 heterocycles. The lowest BCUT2D eigenvalue weighted by atomic mass is 9.85. The zero-order valence-corrected chi connectivity index (χ0v) is 12.0. The lowest BCUT2D eigenvalue weighted by molar-refractivity contribution is 0.287. The zero-order chi connectivity index (χ0) is 13.7. The van der Waals surface area contributed by atoms with Crippen molar-refractivity contribution in [1.29, 1.82) is 5.26 Å². The lowest BCUT2D eigenvalue weighted by Crippen LogP contribution is -2.47. The summed E-state index contributed by atoms with van der Waals surface area (Å²) in [5.41, 5.74) is 0.903. The van der Waals surface area contributed by atoms with Crippen molar-refractivity contribution in [3.05, 3.63) is 18.0 Å². The van der Waals surface area contributed by atoms with Gasteiger partial charge in [-0.3, -0.25) is 10.00 Å². The largest absolute Gasteiger partial charge is 0.299 e. The minimum absolute atomic E-state index is 0.293. The third-order valence-electron chi connectivity index (χ3n) is 4.18. The van der Waals surface area contributed by atoms with Crippen LogP contribution in [0.1, 0.15) is 44.6 Å². The summed E-state index contributed by atoms with van der Waals surface area (Å²) in [5.74, 6) is 0.452. The maximum Gasteiger partial charge on any atom is 0.109 e. The third-order valence-corrected chi connectivity index (χ3v) is 4.18. The van der Waals surface area contributed by atoms with E-state index in [1.54, 1.807) is 0 Å². The second-order valence-electron chi connectivity index (χ2n) is 5.67. The van der Waals surface area contributed by atoms with Crippen molar-refractivity contribution in [1.82, 2.24) is 15.1 Å². The third kappa shape index (κ3) is 3.16. The fourth-order valence-electron chi connectivity index (χ4n) is 3.11. The van der Waals surface area contributed by atoms with Crippen LogP contribution in [0.3, 0.4) is 0 Å². The Morgan fingerprint density at radius 3 is 3.11 bits per heavy atom. The first-order valence-electron chi connectivity index (χ1n) is 7.35. The van der Waals surface area contributed by atoms with Crippen LogP contribution < -0.4 is 5.32 Å². The van der Waals surface area contributed by atoms with E-state index in [1.807, 2.05) is 10.9 Å². The molecular weight excluding hydrogens is 236 g/mol. The molecule has 1 aromatic rings. The average molecular weight is 260 g/mol. The van der Waals surface area contributed by atoms with Crippen LogP contribution in [-0.2, 0) is 6.54 Å². The number of nitrogens with zero attached hydrogens (tertiary/aromatic N) is 3. The van der Waals surface area contributed by atoms with E-state index >= 15 is 0 Å². The van der Waals surface area contributed by atoms with Gasteiger partial charge in [0.15, 0.2) is 0 Å². The quantitative estimate of drug-likeness (QED) is 0.855. The molecule has 0 bridgehead atoms. The Kier molecular flexibility index (Phi) is 4.60. The molecule has 1 aliphatic rings. The van der Waals surface area contributed by atoms with Crippen LogP contribution in [0.25, 0.3) is 0 Å². The van der Waals surface area contributed by atoms with Gasteiger partial charge in [0.2, 0.25) is 0 Å². The smallest absolute Gasteiger partial charge is 0.109 e. The van der Waals surface area contributed by atoms with Gasteiger partial charge in [-0.25, -0.2) is 0 Å². The minimum Gasteiger partial charge on any atom is -0.299 e. The van der Waals surface area contributed by atoms with E-state index in [1.165, 1.54) is 5.56 Å². The monoisotopic (exact) mass is 260 g/mol. The van der Waals surface area contributed by atoms with Crippen LogP contribution >= 0.6 is 0 Å². The van der Waals surface area contributed by atoms with Crippen LogP contribution in [0.15, 0.2) is 12.4 Å². The number of rotatable bonds is 6. The van der Waals surface area contributed by atoms with E-state index in [0.29, 0.717) is 5.92 Å². The number of nitrogens with one attached hydrogen (secondary N) is 1. The Labute approximate surface area is 115 Å². The SMILES string of the molecule is CCCNC1(C#N)CCCC1CCn1cc(C)cn1. The zero-order valence-electron chi connectivity index (χ0n) is 12.0. The number of nitriles is 1. The molecule has 1 fully saturated rings. The van der Waals surface area contributed by atoms with Gasteiger partial charge in [0.25, 0.3) is 0 Å². The second kappa shape index (κ2) is 6.21. The van der Waals surface area contributed by atoms with Crippen molar-refractivity contribution in [3.63, 3.8) is 0 Å². The molecule has 2 unspecified atom stereocenters. The molecule has 104 valence electrons. The first-order chi connectivity index (χ1) is 9.20. The summed E-state index contributed by atoms with van der Waals surface area (Å²) in [6.45, 7) is 6.05. The van der Waals surface area contributed by atoms with Gasteiger partial charge in [-0.2, -0.15) is 10.4 Å². The Morgan fingerprint density at radius 1 is 1.63 bits per heavy atom. The summed E-state index contributed by atoms with van der Waals surface area (Å²) in [6, 6.07) is 2.56. The standard InChI is InChI=1S/C15H24N4/c1-3-8-17-15(12-16)7-4-5-14(15)6-9-19-11-13(2)10-18-19/h10-11,14,17H,3-9H2,1-2H3. The lowest BCUT2D eigenvalue weighted by Gasteiger charge is -2.30. The van der Waals surface area contributed by atoms with Gasteiger partial charge in [0.05, 0.1) is 12.3 Å². The molecule has 0 radical (unpaired) electrons. The van der Waals surface area contributed by atoms with Gasteiger partial charge in [0, 0.05) is 12.7 Å². The molecule has 1 aromatic heterocycles. The maximum absolute atomic E-state index is 9.58. The molecule has 0 amide bonds. The summed E-state index contributed by atoms with van der Waals surface area (Å²) in [4.78, 5) is 0. The van der Waals surface area contributed by atoms with E-state index in [-0.39, 0.29) is 5.54 Å². The topological polar surface area (TPSA) is 53.6 Å². The molecule has 4 heteroatoms. The Morgan fingerprint density at radius 2 is 2.47 bits per heavy atom. The fraction of sp³-hybridized carbons (Fsp3) is 0.733. The van der Waals surface area contributed by atoms with Gasteiger partial charge in [-0.1, -0.05) is 13.3 Å². The molecule has 0 aromatic carbocycles. The molecule has 4 nitrogen and oxygen atoms in total. The minimum atomic E-state index is -0.293. The van der Waals surface area contributed by atoms with Crippen LogP contribution in [0.5, 0.6) is 0 Å². The van der Waals surface area contributed by atoms with Gasteiger partial charge in [-0.15, -0.1) is 0 Å². The summed E-state index contributed by atoms with van der Waals surface area (Å²) < 4.78 is 2.00. The highest BCUT2D eigenvalue weighted by Crippen LogP contribution is 2.37. The molecule has 2 atom stereocenters. The maximum atomic E-state index is 9.58. The number of hydrogen-bond donors (Lipinski definition) is 1. The molecule has 0 spiro atoms. The van der Waals surface area contributed by atoms with Gasteiger partial charge >= 0.3 is 0 Å². The molecule has 19 heavy (non-hydrogen) atoms. The average Bonchev–Trinajstić information content (AvgIpc) is 3.01. The van der Waals surface area contributed by atoms with Gasteiger partial charge < -0.3 is 0 Å². The van der Waals surface area contributed by atoms with Crippen LogP contribution in [0.4, 0.5) is 0 Å². The summed E-state index contributed by atoms with van der Waals surface area (Å²) in [7, 11) is 0. The first-order valence-corrected chi connectivity index (χ1v) is 7.35. The summed E-state index contributed by atoms with van der Waals surface area (Å²) in [5, 5.41) is 17.4. The second-order valence-corrected chi connectivity index (χ2v) is 5.67. The molecule has 0 saturated heterocycles. The van der Waals surface area contributed by atoms with E-state index < -0.39 is 0 Å². The van der Waals surface area contributed by atoms with E-state index in [2.05, 4.69) is 36.5 Å². The highest BCUT2D eigenvalue weighted by molar-refractivity contribution is 5.14. The summed E-state index contributed by atoms with van der Waals surface area (Å²) >= 11 is 0. The van der Waals surface area contributed by atoms with Crippen molar-refractivity contribution in [2.24, 2.45) is 5.92 Å². The van der Waals surface area contributed by atoms with Crippen molar-refractivity contribution in [2.75, 3.05) is 6.54 Å². The van der Waals surface area contributed by atoms with Crippen LogP contribution in [0.2, 0.25) is 0 Å². The van der Waals surface area contributed by atoms with Crippen molar-refractivity contribution in [3.8, 4) is 6.07 Å². The van der Waals surface area contributed by atoms with E-state index in [9.17, 15) is 5.26 Å². The molecule has 2 rings (SSSR count). The number of aryl methyl sites for hydroxylation is 2. The van der Waals surface area contributed by atoms with Gasteiger partial charge in [0.1, 0.15) is 5.54 Å². The molecule has 1 aliphatic carbocycles. The summed E-state index contributed by atoms with van der Waals surface area (Å²) in [6.07, 6.45) is 9.38. The molecule has 1 N–H and O–H groups in total. The molecule has 1 saturated carbocycles. The first kappa shape index (κ1) is 14.1. The molecule has 0 aliphatic heterocycles. The highest BCUT2D eigenvalue weighted by Gasteiger charge is 2.42. The molecular formula is C15H24N4. The predicted octanol–water partition coefficient (Wildman–Crippen LogP) is 2.64. The number of aromatic nitrogens is 2. The van der Waals surface area contributed by atoms with Crippen molar-refractivity contribution in [2.45, 2.75) is 58.0 Å². The normalized spacial score (nSPS) is 26.5. The Bertz CT molecular complexity index is 445. The van der Waals surface area contributed by atoms with Crippen LogP contribution in [-0.4, -0.2) is 21.9 Å². The predicted molar refractivity (Wildman–Crippen MR) is 75.6 cm³/mol. The van der Waals surface area contributed by atoms with Gasteiger partial charge in [-0.05, 0) is 50.6 Å².